The van der Waals surface area contributed by atoms with Crippen LogP contribution < -0.4 is 11.0 Å². The van der Waals surface area contributed by atoms with Gasteiger partial charge in [0.15, 0.2) is 5.16 Å². The Morgan fingerprint density at radius 1 is 1.00 bits per heavy atom. The van der Waals surface area contributed by atoms with Gasteiger partial charge in [0.1, 0.15) is 0 Å². The van der Waals surface area contributed by atoms with Gasteiger partial charge in [-0.2, -0.15) is 5.10 Å². The third-order valence-corrected chi connectivity index (χ3v) is 5.95. The molecule has 0 bridgehead atoms. The van der Waals surface area contributed by atoms with E-state index in [0.29, 0.717) is 16.1 Å². The number of carbonyl (C=O) groups is 1. The Balaban J connectivity index is 1.59. The van der Waals surface area contributed by atoms with Crippen LogP contribution in [0, 0.1) is 13.8 Å². The molecule has 0 radical (unpaired) electrons. The summed E-state index contributed by atoms with van der Waals surface area (Å²) in [4.78, 5) is 30.4. The van der Waals surface area contributed by atoms with Crippen molar-refractivity contribution in [2.24, 2.45) is 5.10 Å². The number of aromatic nitrogens is 2. The summed E-state index contributed by atoms with van der Waals surface area (Å²) in [7, 11) is 0. The van der Waals surface area contributed by atoms with E-state index in [2.05, 4.69) is 15.5 Å². The molecule has 1 heterocycles. The maximum Gasteiger partial charge on any atom is 0.266 e. The highest BCUT2D eigenvalue weighted by atomic mass is 32.2. The van der Waals surface area contributed by atoms with Gasteiger partial charge in [-0.25, -0.2) is 10.4 Å². The van der Waals surface area contributed by atoms with Crippen LogP contribution in [0.4, 0.5) is 0 Å². The molecule has 0 fully saturated rings. The fraction of sp³-hybridized carbons (Fsp3) is 0.120. The highest BCUT2D eigenvalue weighted by Crippen LogP contribution is 2.23. The number of carbonyl (C=O) groups excluding carboxylic acids is 1. The molecule has 1 N–H and O–H groups in total. The van der Waals surface area contributed by atoms with E-state index in [1.165, 1.54) is 11.8 Å². The Kier molecular flexibility index (Phi) is 6.47. The molecule has 4 rings (SSSR count). The van der Waals surface area contributed by atoms with Gasteiger partial charge in [-0.1, -0.05) is 66.4 Å². The second kappa shape index (κ2) is 9.62. The Morgan fingerprint density at radius 3 is 2.47 bits per heavy atom. The normalized spacial score (nSPS) is 11.2. The SMILES string of the molecule is Cc1ccccc1/C=N/NC(=O)CSc1nc2ccccc2c(=O)n1-c1ccccc1C. The number of rotatable bonds is 6. The zero-order valence-corrected chi connectivity index (χ0v) is 18.6. The quantitative estimate of drug-likeness (QED) is 0.210. The average Bonchev–Trinajstić information content (AvgIpc) is 2.80. The predicted octanol–water partition coefficient (Wildman–Crippen LogP) is 4.24. The molecule has 0 unspecified atom stereocenters. The van der Waals surface area contributed by atoms with Crippen molar-refractivity contribution >= 4 is 34.8 Å². The number of nitrogens with one attached hydrogen (secondary N) is 1. The molecule has 4 aromatic rings. The van der Waals surface area contributed by atoms with Crippen molar-refractivity contribution in [1.29, 1.82) is 0 Å². The van der Waals surface area contributed by atoms with Crippen LogP contribution in [0.15, 0.2) is 87.8 Å². The fourth-order valence-electron chi connectivity index (χ4n) is 3.30. The molecular formula is C25H22N4O2S. The maximum absolute atomic E-state index is 13.3. The topological polar surface area (TPSA) is 76.3 Å². The molecule has 1 aromatic heterocycles. The first-order valence-electron chi connectivity index (χ1n) is 10.1. The van der Waals surface area contributed by atoms with Crippen molar-refractivity contribution in [2.75, 3.05) is 5.75 Å². The maximum atomic E-state index is 13.3. The van der Waals surface area contributed by atoms with Crippen LogP contribution in [-0.2, 0) is 4.79 Å². The van der Waals surface area contributed by atoms with Crippen molar-refractivity contribution in [1.82, 2.24) is 15.0 Å². The predicted molar refractivity (Wildman–Crippen MR) is 130 cm³/mol. The number of fused-ring (bicyclic) bond motifs is 1. The number of nitrogens with zero attached hydrogens (tertiary/aromatic N) is 3. The molecule has 7 heteroatoms. The molecule has 0 aliphatic carbocycles. The van der Waals surface area contributed by atoms with Crippen molar-refractivity contribution in [2.45, 2.75) is 19.0 Å². The monoisotopic (exact) mass is 442 g/mol. The molecule has 1 amide bonds. The summed E-state index contributed by atoms with van der Waals surface area (Å²) in [6, 6.07) is 22.6. The Hall–Kier alpha value is -3.71. The van der Waals surface area contributed by atoms with Crippen LogP contribution in [0.5, 0.6) is 0 Å². The molecule has 0 spiro atoms. The number of benzene rings is 3. The van der Waals surface area contributed by atoms with Gasteiger partial charge in [0.25, 0.3) is 11.5 Å². The molecule has 0 atom stereocenters. The largest absolute Gasteiger partial charge is 0.272 e. The van der Waals surface area contributed by atoms with Gasteiger partial charge in [-0.05, 0) is 48.7 Å². The number of hydrazone groups is 1. The summed E-state index contributed by atoms with van der Waals surface area (Å²) >= 11 is 1.20. The summed E-state index contributed by atoms with van der Waals surface area (Å²) in [6.45, 7) is 3.92. The van der Waals surface area contributed by atoms with Crippen molar-refractivity contribution in [3.8, 4) is 5.69 Å². The zero-order valence-electron chi connectivity index (χ0n) is 17.8. The standard InChI is InChI=1S/C25H22N4O2S/c1-17-9-3-5-11-19(17)15-26-28-23(30)16-32-25-27-21-13-7-6-12-20(21)24(31)29(25)22-14-8-4-10-18(22)2/h3-15H,16H2,1-2H3,(H,28,30)/b26-15+. The molecule has 32 heavy (non-hydrogen) atoms. The molecule has 0 aliphatic rings. The lowest BCUT2D eigenvalue weighted by atomic mass is 10.1. The average molecular weight is 443 g/mol. The Bertz CT molecular complexity index is 1380. The lowest BCUT2D eigenvalue weighted by Crippen LogP contribution is -2.24. The highest BCUT2D eigenvalue weighted by Gasteiger charge is 2.15. The van der Waals surface area contributed by atoms with E-state index in [0.717, 1.165) is 22.4 Å². The van der Waals surface area contributed by atoms with Crippen LogP contribution in [0.1, 0.15) is 16.7 Å². The second-order valence-electron chi connectivity index (χ2n) is 7.28. The summed E-state index contributed by atoms with van der Waals surface area (Å²) in [5, 5.41) is 5.04. The van der Waals surface area contributed by atoms with Crippen LogP contribution >= 0.6 is 11.8 Å². The van der Waals surface area contributed by atoms with Crippen molar-refractivity contribution < 1.29 is 4.79 Å². The number of hydrogen-bond donors (Lipinski definition) is 1. The summed E-state index contributed by atoms with van der Waals surface area (Å²) in [5.41, 5.74) is 6.68. The minimum absolute atomic E-state index is 0.0712. The van der Waals surface area contributed by atoms with Gasteiger partial charge in [0, 0.05) is 0 Å². The number of amides is 1. The summed E-state index contributed by atoms with van der Waals surface area (Å²) in [5.74, 6) is -0.208. The van der Waals surface area contributed by atoms with E-state index in [1.54, 1.807) is 22.9 Å². The molecule has 0 aliphatic heterocycles. The molecule has 3 aromatic carbocycles. The molecule has 0 saturated carbocycles. The van der Waals surface area contributed by atoms with E-state index in [-0.39, 0.29) is 17.2 Å². The Morgan fingerprint density at radius 2 is 1.69 bits per heavy atom. The number of para-hydroxylation sites is 2. The molecule has 0 saturated heterocycles. The molecule has 6 nitrogen and oxygen atoms in total. The number of thioether (sulfide) groups is 1. The van der Waals surface area contributed by atoms with Crippen LogP contribution in [0.2, 0.25) is 0 Å². The minimum Gasteiger partial charge on any atom is -0.272 e. The number of aryl methyl sites for hydroxylation is 2. The summed E-state index contributed by atoms with van der Waals surface area (Å²) in [6.07, 6.45) is 1.62. The van der Waals surface area contributed by atoms with Crippen LogP contribution in [0.3, 0.4) is 0 Å². The zero-order chi connectivity index (χ0) is 22.5. The van der Waals surface area contributed by atoms with Gasteiger partial charge in [-0.15, -0.1) is 0 Å². The highest BCUT2D eigenvalue weighted by molar-refractivity contribution is 7.99. The van der Waals surface area contributed by atoms with Crippen molar-refractivity contribution in [3.63, 3.8) is 0 Å². The van der Waals surface area contributed by atoms with E-state index in [9.17, 15) is 9.59 Å². The smallest absolute Gasteiger partial charge is 0.266 e. The van der Waals surface area contributed by atoms with Crippen molar-refractivity contribution in [3.05, 3.63) is 99.8 Å². The molecular weight excluding hydrogens is 420 g/mol. The van der Waals surface area contributed by atoms with Crippen LogP contribution in [0.25, 0.3) is 16.6 Å². The van der Waals surface area contributed by atoms with E-state index in [1.807, 2.05) is 74.5 Å². The third kappa shape index (κ3) is 4.63. The van der Waals surface area contributed by atoms with Gasteiger partial charge >= 0.3 is 0 Å². The summed E-state index contributed by atoms with van der Waals surface area (Å²) < 4.78 is 1.58. The first kappa shape index (κ1) is 21.5. The first-order chi connectivity index (χ1) is 15.5. The minimum atomic E-state index is -0.279. The fourth-order valence-corrected chi connectivity index (χ4v) is 4.10. The first-order valence-corrected chi connectivity index (χ1v) is 11.1. The van der Waals surface area contributed by atoms with Gasteiger partial charge in [0.05, 0.1) is 28.6 Å². The van der Waals surface area contributed by atoms with E-state index >= 15 is 0 Å². The van der Waals surface area contributed by atoms with Gasteiger partial charge in [0.2, 0.25) is 0 Å². The van der Waals surface area contributed by atoms with Gasteiger partial charge in [-0.3, -0.25) is 14.2 Å². The lowest BCUT2D eigenvalue weighted by molar-refractivity contribution is -0.118. The second-order valence-corrected chi connectivity index (χ2v) is 8.22. The third-order valence-electron chi connectivity index (χ3n) is 5.01. The van der Waals surface area contributed by atoms with E-state index in [4.69, 9.17) is 0 Å². The van der Waals surface area contributed by atoms with E-state index < -0.39 is 0 Å². The number of hydrogen-bond acceptors (Lipinski definition) is 5. The van der Waals surface area contributed by atoms with Crippen LogP contribution in [-0.4, -0.2) is 27.4 Å². The van der Waals surface area contributed by atoms with Gasteiger partial charge < -0.3 is 0 Å². The Labute approximate surface area is 190 Å². The lowest BCUT2D eigenvalue weighted by Gasteiger charge is -2.14. The molecule has 160 valence electrons.